The van der Waals surface area contributed by atoms with Crippen LogP contribution in [0, 0.1) is 0 Å². The predicted octanol–water partition coefficient (Wildman–Crippen LogP) is 11.3. The third-order valence-electron chi connectivity index (χ3n) is 9.12. The third-order valence-corrected chi connectivity index (χ3v) is 9.12. The summed E-state index contributed by atoms with van der Waals surface area (Å²) < 4.78 is 2.17. The van der Waals surface area contributed by atoms with Crippen LogP contribution in [0.5, 0.6) is 0 Å². The minimum atomic E-state index is 0.864. The van der Waals surface area contributed by atoms with Gasteiger partial charge in [0.1, 0.15) is 17.0 Å². The average Bonchev–Trinajstić information content (AvgIpc) is 3.58. The number of benzene rings is 6. The van der Waals surface area contributed by atoms with Crippen molar-refractivity contribution in [3.8, 4) is 67.3 Å². The molecule has 9 aromatic rings. The summed E-state index contributed by atoms with van der Waals surface area (Å²) in [5, 5.41) is 11.8. The normalized spacial score (nSPS) is 11.3. The van der Waals surface area contributed by atoms with Crippen molar-refractivity contribution in [2.45, 2.75) is 0 Å². The first-order chi connectivity index (χ1) is 24.3. The lowest BCUT2D eigenvalue weighted by Gasteiger charge is -2.14. The van der Waals surface area contributed by atoms with E-state index < -0.39 is 0 Å². The highest BCUT2D eigenvalue weighted by molar-refractivity contribution is 6.02. The number of fused-ring (bicyclic) bond motifs is 2. The van der Waals surface area contributed by atoms with E-state index in [1.807, 2.05) is 36.4 Å². The second-order valence-corrected chi connectivity index (χ2v) is 12.2. The van der Waals surface area contributed by atoms with Crippen molar-refractivity contribution in [2.24, 2.45) is 0 Å². The van der Waals surface area contributed by atoms with E-state index in [0.29, 0.717) is 0 Å². The molecule has 0 bridgehead atoms. The Labute approximate surface area is 284 Å². The van der Waals surface area contributed by atoms with Crippen LogP contribution in [0.2, 0.25) is 0 Å². The molecule has 0 saturated carbocycles. The maximum atomic E-state index is 5.07. The third kappa shape index (κ3) is 5.26. The van der Waals surface area contributed by atoms with Crippen LogP contribution < -0.4 is 0 Å². The van der Waals surface area contributed by atoms with Crippen LogP contribution in [0.4, 0.5) is 0 Å². The summed E-state index contributed by atoms with van der Waals surface area (Å²) in [7, 11) is 0. The summed E-state index contributed by atoms with van der Waals surface area (Å²) in [5.41, 5.74) is 13.5. The maximum absolute atomic E-state index is 5.07. The van der Waals surface area contributed by atoms with Crippen LogP contribution >= 0.6 is 0 Å². The fourth-order valence-corrected chi connectivity index (χ4v) is 6.74. The van der Waals surface area contributed by atoms with Gasteiger partial charge in [-0.15, -0.1) is 10.2 Å². The smallest absolute Gasteiger partial charge is 0.137 e. The Morgan fingerprint density at radius 3 is 1.41 bits per heavy atom. The summed E-state index contributed by atoms with van der Waals surface area (Å²) in [6.45, 7) is 0. The van der Waals surface area contributed by atoms with Crippen molar-refractivity contribution in [2.75, 3.05) is 0 Å². The van der Waals surface area contributed by atoms with E-state index in [4.69, 9.17) is 15.2 Å². The summed E-state index contributed by atoms with van der Waals surface area (Å²) in [5.74, 6) is 0. The van der Waals surface area contributed by atoms with Gasteiger partial charge in [-0.2, -0.15) is 0 Å². The van der Waals surface area contributed by atoms with Gasteiger partial charge in [0, 0.05) is 39.2 Å². The molecule has 4 nitrogen and oxygen atoms in total. The molecular formula is C45H30N4. The van der Waals surface area contributed by atoms with Gasteiger partial charge in [-0.1, -0.05) is 146 Å². The van der Waals surface area contributed by atoms with Crippen molar-refractivity contribution in [1.29, 1.82) is 0 Å². The van der Waals surface area contributed by atoms with Gasteiger partial charge >= 0.3 is 0 Å². The number of aromatic nitrogens is 4. The van der Waals surface area contributed by atoms with E-state index in [9.17, 15) is 0 Å². The largest absolute Gasteiger partial charge is 0.299 e. The van der Waals surface area contributed by atoms with Gasteiger partial charge in [0.05, 0.1) is 11.4 Å². The van der Waals surface area contributed by atoms with Gasteiger partial charge in [0.15, 0.2) is 0 Å². The molecule has 0 saturated heterocycles. The molecule has 3 heterocycles. The van der Waals surface area contributed by atoms with Crippen molar-refractivity contribution < 1.29 is 0 Å². The maximum Gasteiger partial charge on any atom is 0.137 e. The molecule has 0 N–H and O–H groups in total. The quantitative estimate of drug-likeness (QED) is 0.184. The highest BCUT2D eigenvalue weighted by atomic mass is 15.1. The van der Waals surface area contributed by atoms with Crippen LogP contribution in [-0.4, -0.2) is 19.6 Å². The molecule has 0 radical (unpaired) electrons. The summed E-state index contributed by atoms with van der Waals surface area (Å²) in [6.07, 6.45) is 2.08. The molecule has 4 heteroatoms. The fourth-order valence-electron chi connectivity index (χ4n) is 6.74. The second-order valence-electron chi connectivity index (χ2n) is 12.2. The van der Waals surface area contributed by atoms with Crippen LogP contribution in [0.15, 0.2) is 182 Å². The van der Waals surface area contributed by atoms with E-state index in [0.717, 1.165) is 83.7 Å². The lowest BCUT2D eigenvalue weighted by molar-refractivity contribution is 1.06. The molecular weight excluding hydrogens is 597 g/mol. The van der Waals surface area contributed by atoms with Crippen molar-refractivity contribution in [3.63, 3.8) is 0 Å². The molecule has 0 spiro atoms. The van der Waals surface area contributed by atoms with Crippen molar-refractivity contribution in [3.05, 3.63) is 182 Å². The Morgan fingerprint density at radius 1 is 0.327 bits per heavy atom. The molecule has 0 aliphatic rings. The van der Waals surface area contributed by atoms with E-state index in [1.165, 1.54) is 0 Å². The first kappa shape index (κ1) is 28.6. The number of rotatable bonds is 6. The average molecular weight is 627 g/mol. The highest BCUT2D eigenvalue weighted by Crippen LogP contribution is 2.38. The van der Waals surface area contributed by atoms with Crippen LogP contribution in [-0.2, 0) is 0 Å². The highest BCUT2D eigenvalue weighted by Gasteiger charge is 2.17. The van der Waals surface area contributed by atoms with Gasteiger partial charge in [0.25, 0.3) is 0 Å². The molecule has 0 atom stereocenters. The zero-order chi connectivity index (χ0) is 32.6. The van der Waals surface area contributed by atoms with Crippen LogP contribution in [0.1, 0.15) is 0 Å². The van der Waals surface area contributed by atoms with Gasteiger partial charge < -0.3 is 0 Å². The molecule has 230 valence electrons. The monoisotopic (exact) mass is 626 g/mol. The summed E-state index contributed by atoms with van der Waals surface area (Å²) in [4.78, 5) is 5.07. The van der Waals surface area contributed by atoms with Crippen LogP contribution in [0.3, 0.4) is 0 Å². The zero-order valence-electron chi connectivity index (χ0n) is 26.6. The minimum Gasteiger partial charge on any atom is -0.299 e. The topological polar surface area (TPSA) is 43.1 Å². The second kappa shape index (κ2) is 12.2. The molecule has 3 aromatic heterocycles. The number of nitrogens with zero attached hydrogens (tertiary/aromatic N) is 4. The Morgan fingerprint density at radius 2 is 0.776 bits per heavy atom. The lowest BCUT2D eigenvalue weighted by atomic mass is 9.92. The SMILES string of the molecule is c1ccc(-c2cc(-c3ccc(-c4nc5ccccn5c4-c4ccccc4)cc3)cc(-c3nnc(-c4ccccc4)c4ccccc34)c2)cc1. The Hall–Kier alpha value is -6.65. The molecule has 0 aliphatic carbocycles. The lowest BCUT2D eigenvalue weighted by Crippen LogP contribution is -1.95. The van der Waals surface area contributed by atoms with Crippen molar-refractivity contribution in [1.82, 2.24) is 19.6 Å². The zero-order valence-corrected chi connectivity index (χ0v) is 26.6. The molecule has 9 rings (SSSR count). The van der Waals surface area contributed by atoms with E-state index >= 15 is 0 Å². The van der Waals surface area contributed by atoms with E-state index in [1.54, 1.807) is 0 Å². The van der Waals surface area contributed by atoms with Crippen LogP contribution in [0.25, 0.3) is 83.7 Å². The molecule has 0 unspecified atom stereocenters. The van der Waals surface area contributed by atoms with E-state index in [2.05, 4.69) is 150 Å². The Bertz CT molecular complexity index is 2570. The number of hydrogen-bond acceptors (Lipinski definition) is 3. The molecule has 0 amide bonds. The van der Waals surface area contributed by atoms with Gasteiger partial charge in [-0.3, -0.25) is 4.40 Å². The first-order valence-corrected chi connectivity index (χ1v) is 16.5. The first-order valence-electron chi connectivity index (χ1n) is 16.5. The molecule has 49 heavy (non-hydrogen) atoms. The summed E-state index contributed by atoms with van der Waals surface area (Å²) >= 11 is 0. The van der Waals surface area contributed by atoms with Crippen molar-refractivity contribution >= 4 is 16.4 Å². The Balaban J connectivity index is 1.18. The standard InChI is InChI=1S/C45H30N4/c1-4-14-31(15-5-1)36-28-37(30-38(29-36)43-40-21-11-10-20-39(40)42(47-48-43)33-16-6-2-7-17-33)32-23-25-34(26-24-32)44-45(35-18-8-3-9-19-35)49-27-13-12-22-41(49)46-44/h1-30H. The van der Waals surface area contributed by atoms with Gasteiger partial charge in [0.2, 0.25) is 0 Å². The summed E-state index contributed by atoms with van der Waals surface area (Å²) in [6, 6.07) is 61.4. The Kier molecular flexibility index (Phi) is 7.10. The molecule has 0 fully saturated rings. The predicted molar refractivity (Wildman–Crippen MR) is 201 cm³/mol. The number of imidazole rings is 1. The van der Waals surface area contributed by atoms with Gasteiger partial charge in [-0.05, 0) is 52.6 Å². The number of pyridine rings is 1. The fraction of sp³-hybridized carbons (Fsp3) is 0. The molecule has 6 aromatic carbocycles. The van der Waals surface area contributed by atoms with E-state index in [-0.39, 0.29) is 0 Å². The minimum absolute atomic E-state index is 0.864. The molecule has 0 aliphatic heterocycles. The van der Waals surface area contributed by atoms with Gasteiger partial charge in [-0.25, -0.2) is 4.98 Å². The number of hydrogen-bond donors (Lipinski definition) is 0.